The van der Waals surface area contributed by atoms with Crippen molar-refractivity contribution in [1.29, 1.82) is 5.26 Å². The molecule has 3 aromatic rings. The molecule has 0 aliphatic carbocycles. The van der Waals surface area contributed by atoms with Gasteiger partial charge >= 0.3 is 0 Å². The van der Waals surface area contributed by atoms with E-state index in [1.807, 2.05) is 31.2 Å². The van der Waals surface area contributed by atoms with Gasteiger partial charge in [0, 0.05) is 5.39 Å². The van der Waals surface area contributed by atoms with Gasteiger partial charge in [-0.25, -0.2) is 4.98 Å². The predicted molar refractivity (Wildman–Crippen MR) is 68.9 cm³/mol. The van der Waals surface area contributed by atoms with Crippen molar-refractivity contribution in [2.75, 3.05) is 0 Å². The molecule has 18 heavy (non-hydrogen) atoms. The Kier molecular flexibility index (Phi) is 2.35. The van der Waals surface area contributed by atoms with E-state index >= 15 is 0 Å². The summed E-state index contributed by atoms with van der Waals surface area (Å²) in [6.45, 7) is 2.03. The molecule has 2 aromatic heterocycles. The molecule has 0 N–H and O–H groups in total. The molecule has 2 heterocycles. The molecule has 86 valence electrons. The van der Waals surface area contributed by atoms with Crippen molar-refractivity contribution >= 4 is 10.8 Å². The Morgan fingerprint density at radius 1 is 1.22 bits per heavy atom. The quantitative estimate of drug-likeness (QED) is 0.645. The van der Waals surface area contributed by atoms with Gasteiger partial charge in [-0.3, -0.25) is 0 Å². The minimum Gasteiger partial charge on any atom is -0.463 e. The minimum atomic E-state index is 0.401. The number of aromatic nitrogens is 1. The van der Waals surface area contributed by atoms with Crippen LogP contribution in [-0.2, 0) is 0 Å². The van der Waals surface area contributed by atoms with Gasteiger partial charge in [-0.1, -0.05) is 17.7 Å². The normalized spacial score (nSPS) is 10.4. The summed E-state index contributed by atoms with van der Waals surface area (Å²) in [5.74, 6) is 0.683. The number of aryl methyl sites for hydroxylation is 1. The second kappa shape index (κ2) is 4.01. The number of rotatable bonds is 1. The Morgan fingerprint density at radius 3 is 2.83 bits per heavy atom. The molecule has 0 amide bonds. The molecule has 1 aromatic carbocycles. The fourth-order valence-corrected chi connectivity index (χ4v) is 2.02. The van der Waals surface area contributed by atoms with E-state index in [4.69, 9.17) is 9.68 Å². The van der Waals surface area contributed by atoms with Gasteiger partial charge in [0.15, 0.2) is 5.76 Å². The highest BCUT2D eigenvalue weighted by Crippen LogP contribution is 2.28. The van der Waals surface area contributed by atoms with Gasteiger partial charge < -0.3 is 4.42 Å². The maximum atomic E-state index is 9.03. The zero-order chi connectivity index (χ0) is 12.5. The Bertz CT molecular complexity index is 752. The highest BCUT2D eigenvalue weighted by molar-refractivity contribution is 5.94. The summed E-state index contributed by atoms with van der Waals surface area (Å²) in [6.07, 6.45) is 1.61. The van der Waals surface area contributed by atoms with Crippen molar-refractivity contribution < 1.29 is 4.42 Å². The zero-order valence-corrected chi connectivity index (χ0v) is 9.84. The number of hydrogen-bond acceptors (Lipinski definition) is 3. The first-order valence-electron chi connectivity index (χ1n) is 5.63. The molecule has 0 atom stereocenters. The molecule has 0 bridgehead atoms. The third-order valence-electron chi connectivity index (χ3n) is 2.86. The second-order valence-corrected chi connectivity index (χ2v) is 4.17. The minimum absolute atomic E-state index is 0.401. The van der Waals surface area contributed by atoms with Crippen molar-refractivity contribution in [2.45, 2.75) is 6.92 Å². The number of hydrogen-bond donors (Lipinski definition) is 0. The van der Waals surface area contributed by atoms with Crippen molar-refractivity contribution in [3.05, 3.63) is 53.9 Å². The van der Waals surface area contributed by atoms with Crippen LogP contribution in [0.3, 0.4) is 0 Å². The van der Waals surface area contributed by atoms with Crippen LogP contribution >= 0.6 is 0 Å². The average Bonchev–Trinajstić information content (AvgIpc) is 2.91. The summed E-state index contributed by atoms with van der Waals surface area (Å²) >= 11 is 0. The molecule has 0 saturated heterocycles. The average molecular weight is 234 g/mol. The number of pyridine rings is 1. The van der Waals surface area contributed by atoms with Crippen LogP contribution in [0, 0.1) is 18.3 Å². The van der Waals surface area contributed by atoms with Crippen molar-refractivity contribution in [1.82, 2.24) is 4.98 Å². The molecular formula is C15H10N2O. The van der Waals surface area contributed by atoms with Gasteiger partial charge in [0.1, 0.15) is 17.5 Å². The summed E-state index contributed by atoms with van der Waals surface area (Å²) < 4.78 is 5.40. The van der Waals surface area contributed by atoms with E-state index in [-0.39, 0.29) is 0 Å². The third-order valence-corrected chi connectivity index (χ3v) is 2.86. The monoisotopic (exact) mass is 234 g/mol. The summed E-state index contributed by atoms with van der Waals surface area (Å²) in [5.41, 5.74) is 2.28. The van der Waals surface area contributed by atoms with Crippen LogP contribution in [0.25, 0.3) is 22.2 Å². The number of nitrogens with zero attached hydrogens (tertiary/aromatic N) is 2. The van der Waals surface area contributed by atoms with Crippen molar-refractivity contribution in [3.63, 3.8) is 0 Å². The van der Waals surface area contributed by atoms with Crippen LogP contribution < -0.4 is 0 Å². The first-order valence-corrected chi connectivity index (χ1v) is 5.63. The van der Waals surface area contributed by atoms with E-state index in [2.05, 4.69) is 17.1 Å². The molecule has 3 heteroatoms. The van der Waals surface area contributed by atoms with Gasteiger partial charge in [0.25, 0.3) is 0 Å². The third kappa shape index (κ3) is 1.64. The molecule has 0 radical (unpaired) electrons. The van der Waals surface area contributed by atoms with E-state index in [9.17, 15) is 0 Å². The van der Waals surface area contributed by atoms with E-state index in [0.717, 1.165) is 22.0 Å². The smallest absolute Gasteiger partial charge is 0.152 e. The van der Waals surface area contributed by atoms with Gasteiger partial charge in [-0.05, 0) is 36.6 Å². The molecule has 0 unspecified atom stereocenters. The van der Waals surface area contributed by atoms with Crippen LogP contribution in [0.15, 0.2) is 47.1 Å². The Balaban J connectivity index is 2.41. The SMILES string of the molecule is Cc1ccc2cc(C#N)nc(-c3ccco3)c2c1. The first kappa shape index (κ1) is 10.5. The van der Waals surface area contributed by atoms with Crippen molar-refractivity contribution in [2.24, 2.45) is 0 Å². The maximum Gasteiger partial charge on any atom is 0.152 e. The number of nitriles is 1. The van der Waals surface area contributed by atoms with E-state index in [0.29, 0.717) is 11.5 Å². The fourth-order valence-electron chi connectivity index (χ4n) is 2.02. The maximum absolute atomic E-state index is 9.03. The van der Waals surface area contributed by atoms with E-state index < -0.39 is 0 Å². The molecule has 0 fully saturated rings. The topological polar surface area (TPSA) is 49.8 Å². The van der Waals surface area contributed by atoms with E-state index in [1.54, 1.807) is 12.3 Å². The zero-order valence-electron chi connectivity index (χ0n) is 9.84. The van der Waals surface area contributed by atoms with Gasteiger partial charge in [0.2, 0.25) is 0 Å². The Labute approximate surface area is 104 Å². The standard InChI is InChI=1S/C15H10N2O/c1-10-4-5-11-8-12(9-16)17-15(13(11)7-10)14-3-2-6-18-14/h2-8H,1H3. The molecule has 0 saturated carbocycles. The summed E-state index contributed by atoms with van der Waals surface area (Å²) in [4.78, 5) is 4.35. The molecular weight excluding hydrogens is 224 g/mol. The lowest BCUT2D eigenvalue weighted by Gasteiger charge is -2.05. The highest BCUT2D eigenvalue weighted by atomic mass is 16.3. The molecule has 0 aliphatic heterocycles. The lowest BCUT2D eigenvalue weighted by molar-refractivity contribution is 0.580. The lowest BCUT2D eigenvalue weighted by Crippen LogP contribution is -1.90. The summed E-state index contributed by atoms with van der Waals surface area (Å²) in [6, 6.07) is 13.6. The Morgan fingerprint density at radius 2 is 2.11 bits per heavy atom. The fraction of sp³-hybridized carbons (Fsp3) is 0.0667. The number of benzene rings is 1. The summed E-state index contributed by atoms with van der Waals surface area (Å²) in [7, 11) is 0. The summed E-state index contributed by atoms with van der Waals surface area (Å²) in [5, 5.41) is 11.0. The van der Waals surface area contributed by atoms with Gasteiger partial charge in [-0.2, -0.15) is 5.26 Å². The van der Waals surface area contributed by atoms with Gasteiger partial charge in [0.05, 0.1) is 6.26 Å². The van der Waals surface area contributed by atoms with Crippen LogP contribution in [-0.4, -0.2) is 4.98 Å². The van der Waals surface area contributed by atoms with Crippen LogP contribution in [0.5, 0.6) is 0 Å². The molecule has 0 spiro atoms. The first-order chi connectivity index (χ1) is 8.78. The lowest BCUT2D eigenvalue weighted by atomic mass is 10.0. The second-order valence-electron chi connectivity index (χ2n) is 4.17. The van der Waals surface area contributed by atoms with Crippen molar-refractivity contribution in [3.8, 4) is 17.5 Å². The highest BCUT2D eigenvalue weighted by Gasteiger charge is 2.10. The predicted octanol–water partition coefficient (Wildman–Crippen LogP) is 3.67. The van der Waals surface area contributed by atoms with Gasteiger partial charge in [-0.15, -0.1) is 0 Å². The molecule has 3 rings (SSSR count). The largest absolute Gasteiger partial charge is 0.463 e. The van der Waals surface area contributed by atoms with E-state index in [1.165, 1.54) is 0 Å². The van der Waals surface area contributed by atoms with Crippen LogP contribution in [0.4, 0.5) is 0 Å². The van der Waals surface area contributed by atoms with Crippen LogP contribution in [0.1, 0.15) is 11.3 Å². The molecule has 0 aliphatic rings. The molecule has 3 nitrogen and oxygen atoms in total. The van der Waals surface area contributed by atoms with Crippen LogP contribution in [0.2, 0.25) is 0 Å². The number of furan rings is 1. The number of fused-ring (bicyclic) bond motifs is 1. The Hall–Kier alpha value is -2.60.